The number of ether oxygens (including phenoxy) is 1. The Bertz CT molecular complexity index is 724. The van der Waals surface area contributed by atoms with Crippen molar-refractivity contribution >= 4 is 29.0 Å². The molecule has 2 aromatic carbocycles. The van der Waals surface area contributed by atoms with Gasteiger partial charge in [-0.3, -0.25) is 4.79 Å². The van der Waals surface area contributed by atoms with Gasteiger partial charge in [-0.15, -0.1) is 0 Å². The normalized spacial score (nSPS) is 26.9. The third kappa shape index (κ3) is 1.65. The van der Waals surface area contributed by atoms with Gasteiger partial charge in [0.25, 0.3) is 0 Å². The topological polar surface area (TPSA) is 29.6 Å². The van der Waals surface area contributed by atoms with E-state index in [1.807, 2.05) is 30.3 Å². The Morgan fingerprint density at radius 2 is 1.75 bits per heavy atom. The summed E-state index contributed by atoms with van der Waals surface area (Å²) in [5, 5.41) is 1.33. The lowest BCUT2D eigenvalue weighted by Gasteiger charge is -2.01. The van der Waals surface area contributed by atoms with Gasteiger partial charge in [-0.1, -0.05) is 35.3 Å². The number of carbonyl (C=O) groups is 1. The molecule has 2 aromatic rings. The Labute approximate surface area is 126 Å². The standard InChI is InChI=1S/C16H10Cl2O2/c17-11-3-1-9(2-4-11)15-16(20-15)8-10-7-12(18)5-6-13(10)14(16)19/h1-7,15H,8H2. The van der Waals surface area contributed by atoms with Crippen LogP contribution >= 0.6 is 23.2 Å². The number of Topliss-reactive ketones (excluding diaryl/α,β-unsaturated/α-hetero) is 1. The highest BCUT2D eigenvalue weighted by molar-refractivity contribution is 6.31. The maximum atomic E-state index is 12.5. The smallest absolute Gasteiger partial charge is 0.198 e. The van der Waals surface area contributed by atoms with Gasteiger partial charge in [-0.2, -0.15) is 0 Å². The Morgan fingerprint density at radius 1 is 1.05 bits per heavy atom. The number of ketones is 1. The van der Waals surface area contributed by atoms with Crippen LogP contribution < -0.4 is 0 Å². The molecule has 4 heteroatoms. The molecule has 1 saturated heterocycles. The number of epoxide rings is 1. The minimum Gasteiger partial charge on any atom is -0.352 e. The van der Waals surface area contributed by atoms with Crippen LogP contribution in [0, 0.1) is 0 Å². The second kappa shape index (κ2) is 4.08. The van der Waals surface area contributed by atoms with Crippen molar-refractivity contribution in [3.63, 3.8) is 0 Å². The third-order valence-electron chi connectivity index (χ3n) is 4.02. The number of rotatable bonds is 1. The molecular weight excluding hydrogens is 295 g/mol. The highest BCUT2D eigenvalue weighted by Gasteiger charge is 2.65. The number of fused-ring (bicyclic) bond motifs is 1. The largest absolute Gasteiger partial charge is 0.352 e. The van der Waals surface area contributed by atoms with Crippen LogP contribution in [0.25, 0.3) is 0 Å². The van der Waals surface area contributed by atoms with Gasteiger partial charge in [0, 0.05) is 22.0 Å². The lowest BCUT2D eigenvalue weighted by atomic mass is 9.96. The number of halogens is 2. The van der Waals surface area contributed by atoms with Crippen molar-refractivity contribution in [2.24, 2.45) is 0 Å². The first-order chi connectivity index (χ1) is 9.60. The van der Waals surface area contributed by atoms with Crippen molar-refractivity contribution < 1.29 is 9.53 Å². The van der Waals surface area contributed by atoms with Crippen molar-refractivity contribution in [1.82, 2.24) is 0 Å². The zero-order valence-electron chi connectivity index (χ0n) is 10.4. The summed E-state index contributed by atoms with van der Waals surface area (Å²) < 4.78 is 5.79. The van der Waals surface area contributed by atoms with Gasteiger partial charge in [0.05, 0.1) is 0 Å². The lowest BCUT2D eigenvalue weighted by molar-refractivity contribution is 0.0894. The molecule has 2 atom stereocenters. The molecule has 1 fully saturated rings. The van der Waals surface area contributed by atoms with Crippen LogP contribution in [-0.2, 0) is 11.2 Å². The van der Waals surface area contributed by atoms with E-state index in [1.165, 1.54) is 0 Å². The Balaban J connectivity index is 1.69. The van der Waals surface area contributed by atoms with E-state index in [0.717, 1.165) is 16.7 Å². The van der Waals surface area contributed by atoms with Gasteiger partial charge < -0.3 is 4.74 Å². The average molecular weight is 305 g/mol. The molecule has 0 bridgehead atoms. The van der Waals surface area contributed by atoms with Crippen LogP contribution in [0.1, 0.15) is 27.6 Å². The molecule has 2 unspecified atom stereocenters. The fourth-order valence-corrected chi connectivity index (χ4v) is 3.30. The zero-order chi connectivity index (χ0) is 13.9. The average Bonchev–Trinajstić information content (AvgIpc) is 3.07. The Morgan fingerprint density at radius 3 is 2.50 bits per heavy atom. The summed E-state index contributed by atoms with van der Waals surface area (Å²) in [6.07, 6.45) is 0.410. The van der Waals surface area contributed by atoms with E-state index in [0.29, 0.717) is 16.5 Å². The molecule has 0 aromatic heterocycles. The SMILES string of the molecule is O=C1c2ccc(Cl)cc2CC12OC2c1ccc(Cl)cc1. The molecule has 2 aliphatic rings. The van der Waals surface area contributed by atoms with Crippen molar-refractivity contribution in [2.45, 2.75) is 18.1 Å². The summed E-state index contributed by atoms with van der Waals surface area (Å²) in [5.74, 6) is 0.0594. The maximum Gasteiger partial charge on any atom is 0.198 e. The third-order valence-corrected chi connectivity index (χ3v) is 4.50. The van der Waals surface area contributed by atoms with Crippen molar-refractivity contribution in [3.8, 4) is 0 Å². The van der Waals surface area contributed by atoms with E-state index in [4.69, 9.17) is 27.9 Å². The minimum absolute atomic E-state index is 0.0594. The second-order valence-electron chi connectivity index (χ2n) is 5.25. The lowest BCUT2D eigenvalue weighted by Crippen LogP contribution is -2.20. The fourth-order valence-electron chi connectivity index (χ4n) is 2.98. The molecule has 0 radical (unpaired) electrons. The highest BCUT2D eigenvalue weighted by atomic mass is 35.5. The summed E-state index contributed by atoms with van der Waals surface area (Å²) in [6.45, 7) is 0. The van der Waals surface area contributed by atoms with Crippen LogP contribution in [0.2, 0.25) is 10.0 Å². The van der Waals surface area contributed by atoms with Crippen molar-refractivity contribution in [3.05, 3.63) is 69.2 Å². The molecule has 2 nitrogen and oxygen atoms in total. The number of hydrogen-bond donors (Lipinski definition) is 0. The van der Waals surface area contributed by atoms with E-state index < -0.39 is 5.60 Å². The van der Waals surface area contributed by atoms with Gasteiger partial charge >= 0.3 is 0 Å². The maximum absolute atomic E-state index is 12.5. The first-order valence-electron chi connectivity index (χ1n) is 6.37. The van der Waals surface area contributed by atoms with E-state index in [1.54, 1.807) is 12.1 Å². The molecule has 0 N–H and O–H groups in total. The minimum atomic E-state index is -0.721. The van der Waals surface area contributed by atoms with Crippen LogP contribution in [0.4, 0.5) is 0 Å². The van der Waals surface area contributed by atoms with Gasteiger partial charge in [-0.25, -0.2) is 0 Å². The first kappa shape index (κ1) is 12.4. The quantitative estimate of drug-likeness (QED) is 0.737. The fraction of sp³-hybridized carbons (Fsp3) is 0.188. The summed E-state index contributed by atoms with van der Waals surface area (Å²) in [7, 11) is 0. The number of hydrogen-bond acceptors (Lipinski definition) is 2. The predicted molar refractivity (Wildman–Crippen MR) is 77.5 cm³/mol. The summed E-state index contributed by atoms with van der Waals surface area (Å²) in [4.78, 5) is 12.5. The summed E-state index contributed by atoms with van der Waals surface area (Å²) >= 11 is 11.9. The summed E-state index contributed by atoms with van der Waals surface area (Å²) in [5.41, 5.74) is 1.97. The molecule has 0 saturated carbocycles. The van der Waals surface area contributed by atoms with Crippen molar-refractivity contribution in [1.29, 1.82) is 0 Å². The Kier molecular flexibility index (Phi) is 2.53. The molecular formula is C16H10Cl2O2. The first-order valence-corrected chi connectivity index (χ1v) is 7.12. The predicted octanol–water partition coefficient (Wildman–Crippen LogP) is 4.24. The Hall–Kier alpha value is -1.35. The monoisotopic (exact) mass is 304 g/mol. The van der Waals surface area contributed by atoms with Gasteiger partial charge in [-0.05, 0) is 41.5 Å². The highest BCUT2D eigenvalue weighted by Crippen LogP contribution is 2.57. The van der Waals surface area contributed by atoms with E-state index in [-0.39, 0.29) is 11.9 Å². The number of carbonyl (C=O) groups excluding carboxylic acids is 1. The van der Waals surface area contributed by atoms with Crippen molar-refractivity contribution in [2.75, 3.05) is 0 Å². The second-order valence-corrected chi connectivity index (χ2v) is 6.12. The van der Waals surface area contributed by atoms with E-state index >= 15 is 0 Å². The molecule has 4 rings (SSSR count). The zero-order valence-corrected chi connectivity index (χ0v) is 11.9. The molecule has 1 heterocycles. The van der Waals surface area contributed by atoms with Crippen LogP contribution in [0.15, 0.2) is 42.5 Å². The van der Waals surface area contributed by atoms with Gasteiger partial charge in [0.15, 0.2) is 11.4 Å². The molecule has 1 aliphatic carbocycles. The molecule has 1 aliphatic heterocycles. The van der Waals surface area contributed by atoms with Gasteiger partial charge in [0.2, 0.25) is 0 Å². The van der Waals surface area contributed by atoms with E-state index in [2.05, 4.69) is 0 Å². The summed E-state index contributed by atoms with van der Waals surface area (Å²) in [6, 6.07) is 12.8. The molecule has 0 amide bonds. The van der Waals surface area contributed by atoms with Crippen LogP contribution in [-0.4, -0.2) is 11.4 Å². The van der Waals surface area contributed by atoms with E-state index in [9.17, 15) is 4.79 Å². The van der Waals surface area contributed by atoms with Crippen LogP contribution in [0.5, 0.6) is 0 Å². The van der Waals surface area contributed by atoms with Gasteiger partial charge in [0.1, 0.15) is 6.10 Å². The molecule has 1 spiro atoms. The molecule has 100 valence electrons. The molecule has 20 heavy (non-hydrogen) atoms. The van der Waals surface area contributed by atoms with Crippen LogP contribution in [0.3, 0.4) is 0 Å². The number of benzene rings is 2.